The van der Waals surface area contributed by atoms with Gasteiger partial charge in [-0.05, 0) is 41.9 Å². The van der Waals surface area contributed by atoms with Crippen molar-refractivity contribution in [1.29, 1.82) is 0 Å². The summed E-state index contributed by atoms with van der Waals surface area (Å²) in [6.07, 6.45) is 3.10. The molecule has 1 aliphatic rings. The fourth-order valence-corrected chi connectivity index (χ4v) is 4.43. The van der Waals surface area contributed by atoms with Crippen molar-refractivity contribution in [2.75, 3.05) is 7.11 Å². The molecule has 1 saturated carbocycles. The molecular formula is C26H30INO2. The van der Waals surface area contributed by atoms with Crippen molar-refractivity contribution in [2.24, 2.45) is 5.92 Å². The van der Waals surface area contributed by atoms with E-state index in [1.54, 1.807) is 30.1 Å². The van der Waals surface area contributed by atoms with Crippen LogP contribution in [0.5, 0.6) is 0 Å². The molecular weight excluding hydrogens is 485 g/mol. The average molecular weight is 515 g/mol. The Kier molecular flexibility index (Phi) is 8.88. The minimum absolute atomic E-state index is 0.204. The van der Waals surface area contributed by atoms with Crippen LogP contribution in [0.15, 0.2) is 91.0 Å². The summed E-state index contributed by atoms with van der Waals surface area (Å²) < 4.78 is 4.22. The largest absolute Gasteiger partial charge is 0.380 e. The normalized spacial score (nSPS) is 18.5. The van der Waals surface area contributed by atoms with Gasteiger partial charge < -0.3 is 13.5 Å². The van der Waals surface area contributed by atoms with E-state index in [0.717, 1.165) is 36.9 Å². The van der Waals surface area contributed by atoms with Crippen molar-refractivity contribution >= 4 is 23.0 Å². The molecule has 2 atom stereocenters. The molecule has 3 aromatic rings. The third-order valence-electron chi connectivity index (χ3n) is 5.89. The van der Waals surface area contributed by atoms with E-state index in [1.165, 1.54) is 5.56 Å². The number of benzene rings is 3. The second kappa shape index (κ2) is 11.6. The highest BCUT2D eigenvalue weighted by atomic mass is 127. The van der Waals surface area contributed by atoms with Gasteiger partial charge in [0.05, 0.1) is 0 Å². The quantitative estimate of drug-likeness (QED) is 0.404. The van der Waals surface area contributed by atoms with Crippen LogP contribution < -0.4 is 5.32 Å². The Morgan fingerprint density at radius 3 is 1.83 bits per heavy atom. The first kappa shape index (κ1) is 22.9. The lowest BCUT2D eigenvalue weighted by molar-refractivity contribution is 0.0178. The van der Waals surface area contributed by atoms with E-state index >= 15 is 0 Å². The summed E-state index contributed by atoms with van der Waals surface area (Å²) in [5.41, 5.74) is 2.35. The molecule has 1 fully saturated rings. The van der Waals surface area contributed by atoms with Crippen molar-refractivity contribution < 1.29 is 8.17 Å². The summed E-state index contributed by atoms with van der Waals surface area (Å²) in [6, 6.07) is 31.3. The van der Waals surface area contributed by atoms with Crippen molar-refractivity contribution in [3.05, 3.63) is 108 Å². The minimum atomic E-state index is -0.939. The second-order valence-electron chi connectivity index (χ2n) is 7.73. The lowest BCUT2D eigenvalue weighted by atomic mass is 9.75. The van der Waals surface area contributed by atoms with Gasteiger partial charge in [-0.25, -0.2) is 0 Å². The Labute approximate surface area is 194 Å². The van der Waals surface area contributed by atoms with E-state index in [1.807, 2.05) is 36.4 Å². The second-order valence-corrected chi connectivity index (χ2v) is 8.61. The monoisotopic (exact) mass is 515 g/mol. The third kappa shape index (κ3) is 5.70. The molecule has 2 N–H and O–H groups in total. The van der Waals surface area contributed by atoms with Crippen LogP contribution in [-0.4, -0.2) is 18.3 Å². The van der Waals surface area contributed by atoms with Gasteiger partial charge in [0.15, 0.2) is 0 Å². The molecule has 0 amide bonds. The van der Waals surface area contributed by atoms with Crippen molar-refractivity contribution in [1.82, 2.24) is 5.32 Å². The highest BCUT2D eigenvalue weighted by Crippen LogP contribution is 2.45. The Bertz CT molecular complexity index is 818. The molecule has 0 aromatic heterocycles. The molecule has 0 aliphatic heterocycles. The van der Waals surface area contributed by atoms with E-state index in [9.17, 15) is 5.11 Å². The summed E-state index contributed by atoms with van der Waals surface area (Å²) in [7, 11) is 1.61. The van der Waals surface area contributed by atoms with Gasteiger partial charge in [-0.2, -0.15) is 0 Å². The van der Waals surface area contributed by atoms with Crippen LogP contribution in [-0.2, 0) is 15.2 Å². The molecule has 3 nitrogen and oxygen atoms in total. The highest BCUT2D eigenvalue weighted by Gasteiger charge is 2.43. The molecule has 4 rings (SSSR count). The number of halogens is 1. The lowest BCUT2D eigenvalue weighted by Gasteiger charge is -2.35. The van der Waals surface area contributed by atoms with Crippen molar-refractivity contribution in [2.45, 2.75) is 37.5 Å². The smallest absolute Gasteiger partial charge is 0.117 e. The summed E-state index contributed by atoms with van der Waals surface area (Å²) >= 11 is 1.79. The van der Waals surface area contributed by atoms with E-state index in [-0.39, 0.29) is 5.92 Å². The average Bonchev–Trinajstić information content (AvgIpc) is 3.29. The molecule has 0 saturated heterocycles. The number of hydrogen-bond acceptors (Lipinski definition) is 3. The van der Waals surface area contributed by atoms with Crippen LogP contribution in [0.3, 0.4) is 0 Å². The van der Waals surface area contributed by atoms with E-state index in [2.05, 4.69) is 63.0 Å². The molecule has 1 aliphatic carbocycles. The predicted octanol–water partition coefficient (Wildman–Crippen LogP) is 5.86. The van der Waals surface area contributed by atoms with Crippen LogP contribution >= 0.6 is 23.0 Å². The van der Waals surface area contributed by atoms with Gasteiger partial charge in [-0.1, -0.05) is 91.0 Å². The minimum Gasteiger partial charge on any atom is -0.380 e. The Morgan fingerprint density at radius 2 is 1.33 bits per heavy atom. The SMILES string of the molecule is COI.OC(c1ccccc1)(c1ccccc1)C1CCC(NCc2ccccc2)C1. The summed E-state index contributed by atoms with van der Waals surface area (Å²) in [6.45, 7) is 0.882. The Hall–Kier alpha value is -1.73. The van der Waals surface area contributed by atoms with Gasteiger partial charge in [0.2, 0.25) is 0 Å². The number of aliphatic hydroxyl groups is 1. The number of hydrogen-bond donors (Lipinski definition) is 2. The molecule has 30 heavy (non-hydrogen) atoms. The van der Waals surface area contributed by atoms with Gasteiger partial charge in [-0.3, -0.25) is 0 Å². The van der Waals surface area contributed by atoms with Crippen LogP contribution in [0, 0.1) is 5.92 Å². The number of nitrogens with one attached hydrogen (secondary N) is 1. The number of rotatable bonds is 6. The first-order valence-electron chi connectivity index (χ1n) is 10.4. The lowest BCUT2D eigenvalue weighted by Crippen LogP contribution is -2.36. The van der Waals surface area contributed by atoms with Crippen LogP contribution in [0.1, 0.15) is 36.0 Å². The van der Waals surface area contributed by atoms with Crippen LogP contribution in [0.2, 0.25) is 0 Å². The van der Waals surface area contributed by atoms with Gasteiger partial charge >= 0.3 is 0 Å². The van der Waals surface area contributed by atoms with Gasteiger partial charge in [0.25, 0.3) is 0 Å². The summed E-state index contributed by atoms with van der Waals surface area (Å²) in [4.78, 5) is 0. The highest BCUT2D eigenvalue weighted by molar-refractivity contribution is 14.1. The zero-order valence-corrected chi connectivity index (χ0v) is 19.5. The van der Waals surface area contributed by atoms with Crippen LogP contribution in [0.4, 0.5) is 0 Å². The molecule has 4 heteroatoms. The standard InChI is InChI=1S/C25H27NO.CH3IO/c27-25(21-12-6-2-7-13-21,22-14-8-3-9-15-22)23-16-17-24(18-23)26-19-20-10-4-1-5-11-20;1-3-2/h1-15,23-24,26-27H,16-19H2;1H3. The van der Waals surface area contributed by atoms with Gasteiger partial charge in [-0.15, -0.1) is 0 Å². The molecule has 0 heterocycles. The van der Waals surface area contributed by atoms with Gasteiger partial charge in [0, 0.05) is 19.7 Å². The van der Waals surface area contributed by atoms with Gasteiger partial charge in [0.1, 0.15) is 28.6 Å². The molecule has 0 spiro atoms. The van der Waals surface area contributed by atoms with E-state index < -0.39 is 5.60 Å². The maximum Gasteiger partial charge on any atom is 0.117 e. The Balaban J connectivity index is 0.000000806. The van der Waals surface area contributed by atoms with Crippen LogP contribution in [0.25, 0.3) is 0 Å². The first-order chi connectivity index (χ1) is 14.7. The maximum atomic E-state index is 11.9. The van der Waals surface area contributed by atoms with Crippen molar-refractivity contribution in [3.63, 3.8) is 0 Å². The first-order valence-corrected chi connectivity index (χ1v) is 11.3. The molecule has 0 bridgehead atoms. The summed E-state index contributed by atoms with van der Waals surface area (Å²) in [5.74, 6) is 0.204. The molecule has 0 radical (unpaired) electrons. The Morgan fingerprint density at radius 1 is 0.867 bits per heavy atom. The van der Waals surface area contributed by atoms with E-state index in [4.69, 9.17) is 0 Å². The maximum absolute atomic E-state index is 11.9. The van der Waals surface area contributed by atoms with E-state index in [0.29, 0.717) is 6.04 Å². The zero-order chi connectivity index (χ0) is 21.2. The molecule has 3 aromatic carbocycles. The molecule has 158 valence electrons. The summed E-state index contributed by atoms with van der Waals surface area (Å²) in [5, 5.41) is 15.6. The van der Waals surface area contributed by atoms with Crippen molar-refractivity contribution in [3.8, 4) is 0 Å². The zero-order valence-electron chi connectivity index (χ0n) is 17.4. The third-order valence-corrected chi connectivity index (χ3v) is 5.89. The predicted molar refractivity (Wildman–Crippen MR) is 131 cm³/mol. The fraction of sp³-hybridized carbons (Fsp3) is 0.308. The topological polar surface area (TPSA) is 41.5 Å². The fourth-order valence-electron chi connectivity index (χ4n) is 4.43. The molecule has 2 unspecified atom stereocenters.